The van der Waals surface area contributed by atoms with Gasteiger partial charge in [-0.25, -0.2) is 0 Å². The zero-order valence-corrected chi connectivity index (χ0v) is 11.0. The Hall–Kier alpha value is -0.790. The lowest BCUT2D eigenvalue weighted by Gasteiger charge is -2.04. The maximum Gasteiger partial charge on any atom is 0.308 e. The predicted molar refractivity (Wildman–Crippen MR) is 68.3 cm³/mol. The molecule has 0 aliphatic carbocycles. The Morgan fingerprint density at radius 1 is 1.12 bits per heavy atom. The van der Waals surface area contributed by atoms with E-state index in [1.165, 1.54) is 25.7 Å². The molecule has 2 heteroatoms. The van der Waals surface area contributed by atoms with Crippen molar-refractivity contribution in [1.82, 2.24) is 0 Å². The standard InChI is InChI=1S/C14H26O2/c1-4-5-6-7-8-9-10-11-12-16-14(15)13(2)3/h9-10,13H,4-8,11-12H2,1-3H3/b10-9+. The Morgan fingerprint density at radius 2 is 1.81 bits per heavy atom. The Bertz CT molecular complexity index is 195. The summed E-state index contributed by atoms with van der Waals surface area (Å²) in [6.07, 6.45) is 11.5. The summed E-state index contributed by atoms with van der Waals surface area (Å²) in [4.78, 5) is 11.1. The number of rotatable bonds is 9. The third-order valence-electron chi connectivity index (χ3n) is 2.39. The van der Waals surface area contributed by atoms with Gasteiger partial charge < -0.3 is 4.74 Å². The summed E-state index contributed by atoms with van der Waals surface area (Å²) in [7, 11) is 0. The zero-order valence-electron chi connectivity index (χ0n) is 11.0. The molecule has 94 valence electrons. The molecule has 0 fully saturated rings. The van der Waals surface area contributed by atoms with Gasteiger partial charge in [-0.1, -0.05) is 52.2 Å². The molecule has 0 radical (unpaired) electrons. The number of esters is 1. The fourth-order valence-electron chi connectivity index (χ4n) is 1.32. The highest BCUT2D eigenvalue weighted by molar-refractivity contribution is 5.71. The number of hydrogen-bond acceptors (Lipinski definition) is 2. The van der Waals surface area contributed by atoms with Crippen molar-refractivity contribution in [2.45, 2.75) is 59.3 Å². The van der Waals surface area contributed by atoms with Crippen LogP contribution in [0.3, 0.4) is 0 Å². The van der Waals surface area contributed by atoms with Crippen LogP contribution >= 0.6 is 0 Å². The van der Waals surface area contributed by atoms with Gasteiger partial charge in [0, 0.05) is 0 Å². The van der Waals surface area contributed by atoms with E-state index in [1.54, 1.807) is 0 Å². The Balaban J connectivity index is 3.25. The van der Waals surface area contributed by atoms with E-state index in [0.717, 1.165) is 12.8 Å². The number of allylic oxidation sites excluding steroid dienone is 1. The fourth-order valence-corrected chi connectivity index (χ4v) is 1.32. The molecule has 0 spiro atoms. The highest BCUT2D eigenvalue weighted by atomic mass is 16.5. The molecule has 2 nitrogen and oxygen atoms in total. The first-order valence-corrected chi connectivity index (χ1v) is 6.50. The van der Waals surface area contributed by atoms with Crippen LogP contribution in [0.25, 0.3) is 0 Å². The van der Waals surface area contributed by atoms with Crippen molar-refractivity contribution in [3.05, 3.63) is 12.2 Å². The number of carbonyl (C=O) groups excluding carboxylic acids is 1. The van der Waals surface area contributed by atoms with Gasteiger partial charge in [0.05, 0.1) is 12.5 Å². The van der Waals surface area contributed by atoms with E-state index >= 15 is 0 Å². The van der Waals surface area contributed by atoms with Crippen molar-refractivity contribution in [2.24, 2.45) is 5.92 Å². The maximum absolute atomic E-state index is 11.1. The van der Waals surface area contributed by atoms with Gasteiger partial charge >= 0.3 is 5.97 Å². The first-order valence-electron chi connectivity index (χ1n) is 6.50. The predicted octanol–water partition coefficient (Wildman–Crippen LogP) is 4.10. The summed E-state index contributed by atoms with van der Waals surface area (Å²) in [5.74, 6) is -0.116. The van der Waals surface area contributed by atoms with Crippen LogP contribution in [0.1, 0.15) is 59.3 Å². The lowest BCUT2D eigenvalue weighted by Crippen LogP contribution is -2.11. The number of unbranched alkanes of at least 4 members (excludes halogenated alkanes) is 4. The molecule has 0 aromatic rings. The largest absolute Gasteiger partial charge is 0.465 e. The molecule has 0 unspecified atom stereocenters. The molecule has 0 bridgehead atoms. The monoisotopic (exact) mass is 226 g/mol. The molecule has 0 saturated carbocycles. The molecular formula is C14H26O2. The second-order valence-corrected chi connectivity index (χ2v) is 4.43. The van der Waals surface area contributed by atoms with E-state index in [0.29, 0.717) is 6.61 Å². The molecule has 0 aliphatic heterocycles. The first kappa shape index (κ1) is 15.2. The summed E-state index contributed by atoms with van der Waals surface area (Å²) >= 11 is 0. The molecule has 0 heterocycles. The van der Waals surface area contributed by atoms with Crippen LogP contribution in [0.15, 0.2) is 12.2 Å². The lowest BCUT2D eigenvalue weighted by atomic mass is 10.1. The van der Waals surface area contributed by atoms with Gasteiger partial charge in [0.15, 0.2) is 0 Å². The summed E-state index contributed by atoms with van der Waals surface area (Å²) in [5, 5.41) is 0. The second kappa shape index (κ2) is 10.7. The highest BCUT2D eigenvalue weighted by Crippen LogP contribution is 2.03. The van der Waals surface area contributed by atoms with Crippen LogP contribution in [0.4, 0.5) is 0 Å². The first-order chi connectivity index (χ1) is 7.68. The molecule has 0 saturated heterocycles. The van der Waals surface area contributed by atoms with Gasteiger partial charge in [0.1, 0.15) is 0 Å². The maximum atomic E-state index is 11.1. The minimum Gasteiger partial charge on any atom is -0.465 e. The number of hydrogen-bond donors (Lipinski definition) is 0. The van der Waals surface area contributed by atoms with Crippen LogP contribution < -0.4 is 0 Å². The van der Waals surface area contributed by atoms with Crippen LogP contribution in [0.2, 0.25) is 0 Å². The molecule has 0 aromatic heterocycles. The third kappa shape index (κ3) is 9.75. The van der Waals surface area contributed by atoms with Gasteiger partial charge in [-0.05, 0) is 19.3 Å². The Morgan fingerprint density at radius 3 is 2.44 bits per heavy atom. The van der Waals surface area contributed by atoms with Gasteiger partial charge in [-0.2, -0.15) is 0 Å². The fraction of sp³-hybridized carbons (Fsp3) is 0.786. The van der Waals surface area contributed by atoms with E-state index in [9.17, 15) is 4.79 Å². The zero-order chi connectivity index (χ0) is 12.2. The van der Waals surface area contributed by atoms with E-state index in [1.807, 2.05) is 13.8 Å². The average Bonchev–Trinajstić information content (AvgIpc) is 2.26. The van der Waals surface area contributed by atoms with Gasteiger partial charge in [-0.3, -0.25) is 4.79 Å². The highest BCUT2D eigenvalue weighted by Gasteiger charge is 2.06. The van der Waals surface area contributed by atoms with Crippen LogP contribution in [0.5, 0.6) is 0 Å². The van der Waals surface area contributed by atoms with Crippen LogP contribution in [0, 0.1) is 5.92 Å². The van der Waals surface area contributed by atoms with Crippen molar-refractivity contribution in [2.75, 3.05) is 6.61 Å². The SMILES string of the molecule is CCCCCC/C=C/CCOC(=O)C(C)C. The van der Waals surface area contributed by atoms with E-state index in [-0.39, 0.29) is 11.9 Å². The van der Waals surface area contributed by atoms with Crippen LogP contribution in [-0.4, -0.2) is 12.6 Å². The lowest BCUT2D eigenvalue weighted by molar-refractivity contribution is -0.147. The molecule has 16 heavy (non-hydrogen) atoms. The topological polar surface area (TPSA) is 26.3 Å². The second-order valence-electron chi connectivity index (χ2n) is 4.43. The van der Waals surface area contributed by atoms with E-state index in [2.05, 4.69) is 19.1 Å². The molecule has 0 N–H and O–H groups in total. The minimum absolute atomic E-state index is 0.0157. The van der Waals surface area contributed by atoms with E-state index < -0.39 is 0 Å². The van der Waals surface area contributed by atoms with Crippen molar-refractivity contribution in [3.8, 4) is 0 Å². The van der Waals surface area contributed by atoms with Crippen molar-refractivity contribution < 1.29 is 9.53 Å². The van der Waals surface area contributed by atoms with Gasteiger partial charge in [0.25, 0.3) is 0 Å². The smallest absolute Gasteiger partial charge is 0.308 e. The number of ether oxygens (including phenoxy) is 1. The summed E-state index contributed by atoms with van der Waals surface area (Å²) in [6.45, 7) is 6.44. The van der Waals surface area contributed by atoms with Gasteiger partial charge in [-0.15, -0.1) is 0 Å². The van der Waals surface area contributed by atoms with E-state index in [4.69, 9.17) is 4.74 Å². The minimum atomic E-state index is -0.101. The third-order valence-corrected chi connectivity index (χ3v) is 2.39. The molecule has 0 aliphatic rings. The van der Waals surface area contributed by atoms with Crippen molar-refractivity contribution in [3.63, 3.8) is 0 Å². The molecule has 0 rings (SSSR count). The summed E-state index contributed by atoms with van der Waals surface area (Å²) in [6, 6.07) is 0. The molecule has 0 aromatic carbocycles. The van der Waals surface area contributed by atoms with Crippen molar-refractivity contribution in [1.29, 1.82) is 0 Å². The summed E-state index contributed by atoms with van der Waals surface area (Å²) < 4.78 is 5.06. The molecule has 0 amide bonds. The Labute approximate surface area is 100 Å². The quantitative estimate of drug-likeness (QED) is 0.336. The summed E-state index contributed by atoms with van der Waals surface area (Å²) in [5.41, 5.74) is 0. The van der Waals surface area contributed by atoms with Crippen LogP contribution in [-0.2, 0) is 9.53 Å². The van der Waals surface area contributed by atoms with Crippen molar-refractivity contribution >= 4 is 5.97 Å². The number of carbonyl (C=O) groups is 1. The Kier molecular flexibility index (Phi) is 10.2. The van der Waals surface area contributed by atoms with Gasteiger partial charge in [0.2, 0.25) is 0 Å². The molecule has 0 atom stereocenters. The normalized spacial score (nSPS) is 11.2. The molecular weight excluding hydrogens is 200 g/mol. The average molecular weight is 226 g/mol.